The molecule has 1 saturated carbocycles. The van der Waals surface area contributed by atoms with Crippen LogP contribution in [0.3, 0.4) is 0 Å². The second kappa shape index (κ2) is 6.74. The van der Waals surface area contributed by atoms with E-state index in [4.69, 9.17) is 0 Å². The van der Waals surface area contributed by atoms with Crippen LogP contribution in [0.1, 0.15) is 65.2 Å². The number of carbonyl (C=O) groups is 1. The highest BCUT2D eigenvalue weighted by molar-refractivity contribution is 5.82. The average molecular weight is 266 g/mol. The van der Waals surface area contributed by atoms with Gasteiger partial charge in [-0.15, -0.1) is 0 Å². The maximum absolute atomic E-state index is 12.3. The predicted octanol–water partition coefficient (Wildman–Crippen LogP) is 2.85. The summed E-state index contributed by atoms with van der Waals surface area (Å²) >= 11 is 0. The molecule has 1 atom stereocenters. The summed E-state index contributed by atoms with van der Waals surface area (Å²) in [6.45, 7) is 6.23. The largest absolute Gasteiger partial charge is 0.355 e. The van der Waals surface area contributed by atoms with Gasteiger partial charge in [-0.1, -0.05) is 46.0 Å². The van der Waals surface area contributed by atoms with Gasteiger partial charge >= 0.3 is 0 Å². The molecule has 1 amide bonds. The van der Waals surface area contributed by atoms with Crippen molar-refractivity contribution in [2.45, 2.75) is 71.3 Å². The molecule has 3 nitrogen and oxygen atoms in total. The van der Waals surface area contributed by atoms with E-state index in [2.05, 4.69) is 24.5 Å². The number of rotatable bonds is 4. The fourth-order valence-corrected chi connectivity index (χ4v) is 3.64. The Morgan fingerprint density at radius 3 is 2.63 bits per heavy atom. The SMILES string of the molecule is CC1(C)CCCNC1C(=O)NCCC1CCCCC1. The van der Waals surface area contributed by atoms with Crippen LogP contribution in [0.2, 0.25) is 0 Å². The summed E-state index contributed by atoms with van der Waals surface area (Å²) in [5.41, 5.74) is 0.0904. The quantitative estimate of drug-likeness (QED) is 0.821. The van der Waals surface area contributed by atoms with E-state index >= 15 is 0 Å². The molecule has 3 heteroatoms. The highest BCUT2D eigenvalue weighted by Gasteiger charge is 2.36. The summed E-state index contributed by atoms with van der Waals surface area (Å²) < 4.78 is 0. The number of piperidine rings is 1. The highest BCUT2D eigenvalue weighted by Crippen LogP contribution is 2.30. The fourth-order valence-electron chi connectivity index (χ4n) is 3.64. The van der Waals surface area contributed by atoms with Crippen molar-refractivity contribution < 1.29 is 4.79 Å². The van der Waals surface area contributed by atoms with Crippen LogP contribution in [0.4, 0.5) is 0 Å². The molecule has 110 valence electrons. The Hall–Kier alpha value is -0.570. The first kappa shape index (κ1) is 14.8. The van der Waals surface area contributed by atoms with Gasteiger partial charge in [0.25, 0.3) is 0 Å². The maximum atomic E-state index is 12.3. The molecule has 1 aliphatic carbocycles. The van der Waals surface area contributed by atoms with Gasteiger partial charge in [0.05, 0.1) is 6.04 Å². The summed E-state index contributed by atoms with van der Waals surface area (Å²) in [4.78, 5) is 12.3. The predicted molar refractivity (Wildman–Crippen MR) is 79.0 cm³/mol. The molecule has 1 saturated heterocycles. The summed E-state index contributed by atoms with van der Waals surface area (Å²) in [5.74, 6) is 1.06. The lowest BCUT2D eigenvalue weighted by atomic mass is 9.77. The van der Waals surface area contributed by atoms with Gasteiger partial charge in [0.15, 0.2) is 0 Å². The van der Waals surface area contributed by atoms with E-state index in [1.54, 1.807) is 0 Å². The Bertz CT molecular complexity index is 295. The van der Waals surface area contributed by atoms with E-state index in [1.807, 2.05) is 0 Å². The van der Waals surface area contributed by atoms with Gasteiger partial charge in [0.1, 0.15) is 0 Å². The smallest absolute Gasteiger partial charge is 0.237 e. The Morgan fingerprint density at radius 2 is 1.95 bits per heavy atom. The number of amides is 1. The molecule has 0 radical (unpaired) electrons. The third kappa shape index (κ3) is 4.20. The zero-order valence-corrected chi connectivity index (χ0v) is 12.6. The summed E-state index contributed by atoms with van der Waals surface area (Å²) in [6.07, 6.45) is 10.4. The van der Waals surface area contributed by atoms with Crippen molar-refractivity contribution in [1.29, 1.82) is 0 Å². The normalized spacial score (nSPS) is 28.0. The van der Waals surface area contributed by atoms with Gasteiger partial charge in [-0.05, 0) is 37.1 Å². The topological polar surface area (TPSA) is 41.1 Å². The van der Waals surface area contributed by atoms with Crippen molar-refractivity contribution in [3.05, 3.63) is 0 Å². The molecule has 0 bridgehead atoms. The first-order valence-corrected chi connectivity index (χ1v) is 8.11. The van der Waals surface area contributed by atoms with Gasteiger partial charge in [-0.3, -0.25) is 4.79 Å². The van der Waals surface area contributed by atoms with E-state index in [-0.39, 0.29) is 17.4 Å². The Balaban J connectivity index is 1.71. The highest BCUT2D eigenvalue weighted by atomic mass is 16.2. The lowest BCUT2D eigenvalue weighted by molar-refractivity contribution is -0.126. The second-order valence-electron chi connectivity index (χ2n) is 7.06. The van der Waals surface area contributed by atoms with Crippen molar-refractivity contribution in [3.8, 4) is 0 Å². The molecular weight excluding hydrogens is 236 g/mol. The van der Waals surface area contributed by atoms with E-state index < -0.39 is 0 Å². The lowest BCUT2D eigenvalue weighted by Crippen LogP contribution is -2.55. The van der Waals surface area contributed by atoms with E-state index in [0.29, 0.717) is 0 Å². The van der Waals surface area contributed by atoms with Crippen molar-refractivity contribution in [2.24, 2.45) is 11.3 Å². The van der Waals surface area contributed by atoms with Gasteiger partial charge < -0.3 is 10.6 Å². The van der Waals surface area contributed by atoms with Crippen LogP contribution < -0.4 is 10.6 Å². The molecule has 2 N–H and O–H groups in total. The molecule has 2 fully saturated rings. The number of hydrogen-bond acceptors (Lipinski definition) is 2. The standard InChI is InChI=1S/C16H30N2O/c1-16(2)10-6-11-17-14(16)15(19)18-12-9-13-7-4-3-5-8-13/h13-14,17H,3-12H2,1-2H3,(H,18,19). The summed E-state index contributed by atoms with van der Waals surface area (Å²) in [7, 11) is 0. The Kier molecular flexibility index (Phi) is 5.26. The number of hydrogen-bond donors (Lipinski definition) is 2. The van der Waals surface area contributed by atoms with Crippen LogP contribution in [0.25, 0.3) is 0 Å². The van der Waals surface area contributed by atoms with Crippen LogP contribution in [0, 0.1) is 11.3 Å². The number of carbonyl (C=O) groups excluding carboxylic acids is 1. The first-order valence-electron chi connectivity index (χ1n) is 8.11. The van der Waals surface area contributed by atoms with E-state index in [0.717, 1.165) is 25.4 Å². The van der Waals surface area contributed by atoms with Crippen LogP contribution in [0.15, 0.2) is 0 Å². The minimum atomic E-state index is -0.00685. The third-order valence-electron chi connectivity index (χ3n) is 4.97. The maximum Gasteiger partial charge on any atom is 0.237 e. The molecule has 0 aromatic heterocycles. The van der Waals surface area contributed by atoms with Gasteiger partial charge in [-0.2, -0.15) is 0 Å². The third-order valence-corrected chi connectivity index (χ3v) is 4.97. The molecule has 0 aromatic carbocycles. The number of nitrogens with one attached hydrogen (secondary N) is 2. The van der Waals surface area contributed by atoms with Crippen molar-refractivity contribution in [1.82, 2.24) is 10.6 Å². The molecular formula is C16H30N2O. The average Bonchev–Trinajstić information content (AvgIpc) is 2.39. The molecule has 0 aromatic rings. The Labute approximate surface area is 117 Å². The van der Waals surface area contributed by atoms with Crippen molar-refractivity contribution in [3.63, 3.8) is 0 Å². The fraction of sp³-hybridized carbons (Fsp3) is 0.938. The molecule has 1 aliphatic heterocycles. The van der Waals surface area contributed by atoms with Gasteiger partial charge in [0.2, 0.25) is 5.91 Å². The minimum Gasteiger partial charge on any atom is -0.355 e. The zero-order valence-electron chi connectivity index (χ0n) is 12.6. The minimum absolute atomic E-state index is 0.00685. The monoisotopic (exact) mass is 266 g/mol. The Morgan fingerprint density at radius 1 is 1.21 bits per heavy atom. The van der Waals surface area contributed by atoms with Crippen LogP contribution >= 0.6 is 0 Å². The van der Waals surface area contributed by atoms with E-state index in [1.165, 1.54) is 44.9 Å². The summed E-state index contributed by atoms with van der Waals surface area (Å²) in [5, 5.41) is 6.54. The van der Waals surface area contributed by atoms with Gasteiger partial charge in [0, 0.05) is 6.54 Å². The lowest BCUT2D eigenvalue weighted by Gasteiger charge is -2.38. The molecule has 19 heavy (non-hydrogen) atoms. The second-order valence-corrected chi connectivity index (χ2v) is 7.06. The molecule has 1 heterocycles. The van der Waals surface area contributed by atoms with Crippen molar-refractivity contribution in [2.75, 3.05) is 13.1 Å². The molecule has 2 aliphatic rings. The molecule has 1 unspecified atom stereocenters. The van der Waals surface area contributed by atoms with E-state index in [9.17, 15) is 4.79 Å². The first-order chi connectivity index (χ1) is 9.09. The summed E-state index contributed by atoms with van der Waals surface area (Å²) in [6, 6.07) is -0.00685. The van der Waals surface area contributed by atoms with Crippen LogP contribution in [0.5, 0.6) is 0 Å². The zero-order chi connectivity index (χ0) is 13.7. The molecule has 0 spiro atoms. The molecule has 2 rings (SSSR count). The van der Waals surface area contributed by atoms with Crippen LogP contribution in [-0.4, -0.2) is 25.0 Å². The van der Waals surface area contributed by atoms with Crippen LogP contribution in [-0.2, 0) is 4.79 Å². The van der Waals surface area contributed by atoms with Crippen molar-refractivity contribution >= 4 is 5.91 Å². The van der Waals surface area contributed by atoms with Gasteiger partial charge in [-0.25, -0.2) is 0 Å².